The highest BCUT2D eigenvalue weighted by Crippen LogP contribution is 2.32. The summed E-state index contributed by atoms with van der Waals surface area (Å²) in [5, 5.41) is 9.01. The average Bonchev–Trinajstić information content (AvgIpc) is 3.07. The Morgan fingerprint density at radius 3 is 2.61 bits per heavy atom. The smallest absolute Gasteiger partial charge is 0.264 e. The van der Waals surface area contributed by atoms with Crippen LogP contribution in [0.25, 0.3) is 10.2 Å². The number of amides is 1. The Balaban J connectivity index is 0.00000192. The Kier molecular flexibility index (Phi) is 5.70. The highest BCUT2D eigenvalue weighted by molar-refractivity contribution is 7.20. The second-order valence-electron chi connectivity index (χ2n) is 6.35. The molecule has 3 rings (SSSR count). The number of fused-ring (bicyclic) bond motifs is 1. The minimum absolute atomic E-state index is 0. The summed E-state index contributed by atoms with van der Waals surface area (Å²) < 4.78 is 1.90. The fraction of sp³-hybridized carbons (Fsp3) is 0.625. The van der Waals surface area contributed by atoms with Gasteiger partial charge < -0.3 is 10.2 Å². The molecule has 0 radical (unpaired) electrons. The third-order valence-corrected chi connectivity index (χ3v) is 5.68. The number of nitrogens with zero attached hydrogens (tertiary/aromatic N) is 3. The number of likely N-dealkylation sites (tertiary alicyclic amines) is 1. The van der Waals surface area contributed by atoms with Gasteiger partial charge in [-0.1, -0.05) is 13.8 Å². The monoisotopic (exact) mass is 356 g/mol. The number of thiophene rings is 1. The molecule has 1 aliphatic rings. The number of hydrogen-bond acceptors (Lipinski definition) is 4. The maximum Gasteiger partial charge on any atom is 0.264 e. The molecule has 0 saturated carbocycles. The molecule has 0 spiro atoms. The number of aromatic nitrogens is 2. The summed E-state index contributed by atoms with van der Waals surface area (Å²) in [6, 6.07) is 2.58. The van der Waals surface area contributed by atoms with E-state index < -0.39 is 0 Å². The summed E-state index contributed by atoms with van der Waals surface area (Å²) >= 11 is 1.56. The quantitative estimate of drug-likeness (QED) is 0.919. The van der Waals surface area contributed by atoms with Gasteiger partial charge in [0, 0.05) is 31.6 Å². The lowest BCUT2D eigenvalue weighted by molar-refractivity contribution is 0.0712. The molecule has 1 aliphatic heterocycles. The van der Waals surface area contributed by atoms with E-state index in [1.165, 1.54) is 0 Å². The second kappa shape index (κ2) is 7.20. The van der Waals surface area contributed by atoms with E-state index in [-0.39, 0.29) is 18.3 Å². The summed E-state index contributed by atoms with van der Waals surface area (Å²) in [6.07, 6.45) is 2.07. The predicted molar refractivity (Wildman–Crippen MR) is 97.9 cm³/mol. The van der Waals surface area contributed by atoms with E-state index in [4.69, 9.17) is 0 Å². The van der Waals surface area contributed by atoms with Crippen LogP contribution >= 0.6 is 23.7 Å². The summed E-state index contributed by atoms with van der Waals surface area (Å²) in [5.41, 5.74) is 1.08. The average molecular weight is 357 g/mol. The molecule has 0 aromatic carbocycles. The van der Waals surface area contributed by atoms with Gasteiger partial charge >= 0.3 is 0 Å². The normalized spacial score (nSPS) is 16.1. The lowest BCUT2D eigenvalue weighted by Crippen LogP contribution is -2.43. The van der Waals surface area contributed by atoms with E-state index in [9.17, 15) is 4.79 Å². The van der Waals surface area contributed by atoms with Crippen molar-refractivity contribution in [1.82, 2.24) is 20.0 Å². The van der Waals surface area contributed by atoms with Crippen LogP contribution in [-0.4, -0.2) is 46.8 Å². The molecule has 2 aromatic rings. The minimum Gasteiger partial charge on any atom is -0.338 e. The number of carbonyl (C=O) groups excluding carboxylic acids is 1. The Morgan fingerprint density at radius 1 is 1.39 bits per heavy atom. The maximum absolute atomic E-state index is 12.7. The van der Waals surface area contributed by atoms with Crippen LogP contribution in [-0.2, 0) is 7.05 Å². The van der Waals surface area contributed by atoms with Crippen LogP contribution in [0.5, 0.6) is 0 Å². The predicted octanol–water partition coefficient (Wildman–Crippen LogP) is 3.00. The first kappa shape index (κ1) is 18.2. The van der Waals surface area contributed by atoms with Gasteiger partial charge in [-0.2, -0.15) is 5.10 Å². The molecule has 2 aromatic heterocycles. The summed E-state index contributed by atoms with van der Waals surface area (Å²) in [5.74, 6) is 0.540. The number of hydrogen-bond donors (Lipinski definition) is 1. The van der Waals surface area contributed by atoms with Crippen LogP contribution in [0.2, 0.25) is 0 Å². The van der Waals surface area contributed by atoms with Crippen LogP contribution < -0.4 is 5.32 Å². The van der Waals surface area contributed by atoms with E-state index in [2.05, 4.69) is 24.3 Å². The van der Waals surface area contributed by atoms with Crippen LogP contribution in [0.1, 0.15) is 48.0 Å². The summed E-state index contributed by atoms with van der Waals surface area (Å²) in [6.45, 7) is 5.97. The Morgan fingerprint density at radius 2 is 2.04 bits per heavy atom. The van der Waals surface area contributed by atoms with Gasteiger partial charge in [-0.05, 0) is 31.9 Å². The molecule has 1 saturated heterocycles. The van der Waals surface area contributed by atoms with Crippen molar-refractivity contribution in [1.29, 1.82) is 0 Å². The van der Waals surface area contributed by atoms with Gasteiger partial charge in [-0.15, -0.1) is 23.7 Å². The number of rotatable bonds is 3. The SMILES string of the molecule is CNC1CCN(C(=O)c2cc3c(C(C)C)nn(C)c3s2)CC1.Cl. The largest absolute Gasteiger partial charge is 0.338 e. The molecule has 0 bridgehead atoms. The van der Waals surface area contributed by atoms with Crippen LogP contribution in [0.4, 0.5) is 0 Å². The van der Waals surface area contributed by atoms with Gasteiger partial charge in [-0.3, -0.25) is 9.48 Å². The molecule has 3 heterocycles. The number of carbonyl (C=O) groups is 1. The van der Waals surface area contributed by atoms with E-state index in [1.54, 1.807) is 11.3 Å². The van der Waals surface area contributed by atoms with Gasteiger partial charge in [0.15, 0.2) is 0 Å². The molecular weight excluding hydrogens is 332 g/mol. The van der Waals surface area contributed by atoms with Crippen molar-refractivity contribution in [2.24, 2.45) is 7.05 Å². The first-order valence-corrected chi connectivity index (χ1v) is 8.76. The van der Waals surface area contributed by atoms with Gasteiger partial charge in [0.25, 0.3) is 5.91 Å². The van der Waals surface area contributed by atoms with Crippen molar-refractivity contribution >= 4 is 39.9 Å². The molecule has 5 nitrogen and oxygen atoms in total. The zero-order valence-electron chi connectivity index (χ0n) is 14.1. The lowest BCUT2D eigenvalue weighted by atomic mass is 10.1. The molecule has 1 amide bonds. The highest BCUT2D eigenvalue weighted by Gasteiger charge is 2.25. The van der Waals surface area contributed by atoms with Gasteiger partial charge in [0.1, 0.15) is 4.83 Å². The van der Waals surface area contributed by atoms with Crippen LogP contribution in [0.3, 0.4) is 0 Å². The number of halogens is 1. The molecule has 1 fully saturated rings. The summed E-state index contributed by atoms with van der Waals surface area (Å²) in [7, 11) is 3.95. The third-order valence-electron chi connectivity index (χ3n) is 4.49. The van der Waals surface area contributed by atoms with Crippen molar-refractivity contribution < 1.29 is 4.79 Å². The first-order valence-electron chi connectivity index (χ1n) is 7.94. The van der Waals surface area contributed by atoms with Crippen LogP contribution in [0.15, 0.2) is 6.07 Å². The van der Waals surface area contributed by atoms with E-state index in [0.29, 0.717) is 12.0 Å². The molecule has 0 atom stereocenters. The standard InChI is InChI=1S/C16H24N4OS.ClH/c1-10(2)14-12-9-13(22-16(12)19(4)18-14)15(21)20-7-5-11(17-3)6-8-20;/h9-11,17H,5-8H2,1-4H3;1H. The summed E-state index contributed by atoms with van der Waals surface area (Å²) in [4.78, 5) is 16.7. The number of nitrogens with one attached hydrogen (secondary N) is 1. The van der Waals surface area contributed by atoms with Gasteiger partial charge in [0.05, 0.1) is 10.6 Å². The molecule has 1 N–H and O–H groups in total. The Labute approximate surface area is 147 Å². The zero-order chi connectivity index (χ0) is 15.9. The van der Waals surface area contributed by atoms with Crippen molar-refractivity contribution in [3.63, 3.8) is 0 Å². The molecule has 23 heavy (non-hydrogen) atoms. The Hall–Kier alpha value is -1.11. The number of aryl methyl sites for hydroxylation is 1. The van der Waals surface area contributed by atoms with Gasteiger partial charge in [0.2, 0.25) is 0 Å². The second-order valence-corrected chi connectivity index (χ2v) is 7.38. The topological polar surface area (TPSA) is 50.2 Å². The van der Waals surface area contributed by atoms with Gasteiger partial charge in [-0.25, -0.2) is 0 Å². The third kappa shape index (κ3) is 3.39. The minimum atomic E-state index is 0. The fourth-order valence-electron chi connectivity index (χ4n) is 3.13. The van der Waals surface area contributed by atoms with Crippen molar-refractivity contribution in [2.75, 3.05) is 20.1 Å². The van der Waals surface area contributed by atoms with Crippen molar-refractivity contribution in [3.8, 4) is 0 Å². The fourth-order valence-corrected chi connectivity index (χ4v) is 4.17. The maximum atomic E-state index is 12.7. The molecule has 0 unspecified atom stereocenters. The highest BCUT2D eigenvalue weighted by atomic mass is 35.5. The molecule has 0 aliphatic carbocycles. The molecule has 7 heteroatoms. The van der Waals surface area contributed by atoms with Crippen molar-refractivity contribution in [2.45, 2.75) is 38.6 Å². The molecule has 128 valence electrons. The lowest BCUT2D eigenvalue weighted by Gasteiger charge is -2.31. The first-order chi connectivity index (χ1) is 10.5. The van der Waals surface area contributed by atoms with E-state index >= 15 is 0 Å². The van der Waals surface area contributed by atoms with Crippen LogP contribution in [0, 0.1) is 0 Å². The van der Waals surface area contributed by atoms with Crippen molar-refractivity contribution in [3.05, 3.63) is 16.6 Å². The van der Waals surface area contributed by atoms with E-state index in [0.717, 1.165) is 46.7 Å². The number of piperidine rings is 1. The Bertz CT molecular complexity index is 686. The van der Waals surface area contributed by atoms with E-state index in [1.807, 2.05) is 29.7 Å². The zero-order valence-corrected chi connectivity index (χ0v) is 15.8. The molecular formula is C16H25ClN4OS.